The number of nitrogens with one attached hydrogen (secondary N) is 1. The Morgan fingerprint density at radius 1 is 1.17 bits per heavy atom. The number of para-hydroxylation sites is 1. The second-order valence-electron chi connectivity index (χ2n) is 4.82. The van der Waals surface area contributed by atoms with Crippen molar-refractivity contribution in [1.82, 2.24) is 0 Å². The van der Waals surface area contributed by atoms with Gasteiger partial charge in [-0.15, -0.1) is 0 Å². The lowest BCUT2D eigenvalue weighted by molar-refractivity contribution is -0.385. The van der Waals surface area contributed by atoms with Crippen LogP contribution in [0.25, 0.3) is 0 Å². The van der Waals surface area contributed by atoms with Crippen molar-refractivity contribution in [2.24, 2.45) is 0 Å². The third kappa shape index (κ3) is 4.12. The molecule has 2 atom stereocenters. The molecule has 0 unspecified atom stereocenters. The van der Waals surface area contributed by atoms with Crippen molar-refractivity contribution in [3.05, 3.63) is 64.2 Å². The number of hydrogen-bond acceptors (Lipinski definition) is 4. The summed E-state index contributed by atoms with van der Waals surface area (Å²) in [6.07, 6.45) is 0. The number of halogens is 2. The molecule has 24 heavy (non-hydrogen) atoms. The van der Waals surface area contributed by atoms with E-state index in [9.17, 15) is 14.9 Å². The van der Waals surface area contributed by atoms with Crippen LogP contribution in [-0.2, 0) is 4.79 Å². The van der Waals surface area contributed by atoms with Gasteiger partial charge in [0.25, 0.3) is 0 Å². The van der Waals surface area contributed by atoms with E-state index in [2.05, 4.69) is 37.2 Å². The molecule has 1 N–H and O–H groups in total. The van der Waals surface area contributed by atoms with Crippen LogP contribution in [0.4, 0.5) is 11.4 Å². The fourth-order valence-corrected chi connectivity index (χ4v) is 3.09. The van der Waals surface area contributed by atoms with Crippen LogP contribution in [0, 0.1) is 10.1 Å². The number of anilines is 1. The van der Waals surface area contributed by atoms with E-state index in [1.807, 2.05) is 30.3 Å². The van der Waals surface area contributed by atoms with Crippen LogP contribution >= 0.6 is 31.9 Å². The monoisotopic (exact) mass is 456 g/mol. The van der Waals surface area contributed by atoms with Crippen LogP contribution in [-0.4, -0.2) is 22.8 Å². The number of hydrogen-bond donors (Lipinski definition) is 1. The molecule has 0 aromatic heterocycles. The molecule has 2 aromatic rings. The summed E-state index contributed by atoms with van der Waals surface area (Å²) in [6, 6.07) is 13.8. The Kier molecular flexibility index (Phi) is 6.33. The molecule has 0 heterocycles. The molecule has 6 nitrogen and oxygen atoms in total. The molecule has 0 saturated carbocycles. The zero-order chi connectivity index (χ0) is 17.7. The van der Waals surface area contributed by atoms with Crippen LogP contribution in [0.1, 0.15) is 10.4 Å². The molecule has 0 spiro atoms. The normalized spacial score (nSPS) is 13.0. The summed E-state index contributed by atoms with van der Waals surface area (Å²) < 4.78 is 5.08. The minimum absolute atomic E-state index is 0.0152. The largest absolute Gasteiger partial charge is 0.489 e. The minimum Gasteiger partial charge on any atom is -0.489 e. The van der Waals surface area contributed by atoms with E-state index in [-0.39, 0.29) is 27.9 Å². The first kappa shape index (κ1) is 18.4. The molecule has 0 aliphatic rings. The molecule has 0 aliphatic heterocycles. The molecular weight excluding hydrogens is 444 g/mol. The van der Waals surface area contributed by atoms with Crippen molar-refractivity contribution < 1.29 is 14.5 Å². The Morgan fingerprint density at radius 2 is 1.83 bits per heavy atom. The van der Waals surface area contributed by atoms with Crippen LogP contribution in [0.3, 0.4) is 0 Å². The van der Waals surface area contributed by atoms with Crippen molar-refractivity contribution in [1.29, 1.82) is 0 Å². The van der Waals surface area contributed by atoms with Crippen molar-refractivity contribution in [2.45, 2.75) is 9.65 Å². The summed E-state index contributed by atoms with van der Waals surface area (Å²) in [4.78, 5) is 22.1. The van der Waals surface area contributed by atoms with Gasteiger partial charge in [0.2, 0.25) is 11.7 Å². The fourth-order valence-electron chi connectivity index (χ4n) is 2.12. The molecule has 0 aliphatic carbocycles. The Hall–Kier alpha value is -1.93. The lowest BCUT2D eigenvalue weighted by Gasteiger charge is -2.18. The van der Waals surface area contributed by atoms with Gasteiger partial charge >= 0.3 is 5.69 Å². The Bertz CT molecular complexity index is 740. The van der Waals surface area contributed by atoms with E-state index in [1.54, 1.807) is 6.07 Å². The quantitative estimate of drug-likeness (QED) is 0.395. The minimum atomic E-state index is -0.580. The van der Waals surface area contributed by atoms with Gasteiger partial charge in [0.15, 0.2) is 0 Å². The molecule has 0 fully saturated rings. The van der Waals surface area contributed by atoms with E-state index in [0.717, 1.165) is 5.56 Å². The summed E-state index contributed by atoms with van der Waals surface area (Å²) in [5.74, 6) is -0.332. The van der Waals surface area contributed by atoms with E-state index >= 15 is 0 Å². The molecule has 8 heteroatoms. The number of methoxy groups -OCH3 is 1. The number of rotatable bonds is 6. The van der Waals surface area contributed by atoms with E-state index in [1.165, 1.54) is 19.2 Å². The number of nitro groups is 1. The van der Waals surface area contributed by atoms with Gasteiger partial charge in [-0.05, 0) is 11.6 Å². The number of ether oxygens (including phenoxy) is 1. The topological polar surface area (TPSA) is 81.5 Å². The van der Waals surface area contributed by atoms with Crippen LogP contribution < -0.4 is 10.1 Å². The molecule has 0 radical (unpaired) electrons. The van der Waals surface area contributed by atoms with Crippen molar-refractivity contribution >= 4 is 49.1 Å². The molecule has 0 bridgehead atoms. The molecule has 2 aromatic carbocycles. The first-order chi connectivity index (χ1) is 11.5. The van der Waals surface area contributed by atoms with Gasteiger partial charge in [0.05, 0.1) is 22.5 Å². The van der Waals surface area contributed by atoms with Gasteiger partial charge in [-0.3, -0.25) is 14.9 Å². The van der Waals surface area contributed by atoms with E-state index in [4.69, 9.17) is 4.74 Å². The second-order valence-corrected chi connectivity index (χ2v) is 6.79. The number of amides is 1. The predicted octanol–water partition coefficient (Wildman–Crippen LogP) is 4.44. The van der Waals surface area contributed by atoms with Gasteiger partial charge in [-0.2, -0.15) is 0 Å². The molecule has 1 amide bonds. The van der Waals surface area contributed by atoms with Crippen molar-refractivity contribution in [2.75, 3.05) is 12.4 Å². The maximum atomic E-state index is 12.5. The van der Waals surface area contributed by atoms with E-state index < -0.39 is 9.75 Å². The second kappa shape index (κ2) is 8.25. The lowest BCUT2D eigenvalue weighted by Crippen LogP contribution is -2.26. The number of nitro benzene ring substituents is 1. The highest BCUT2D eigenvalue weighted by molar-refractivity contribution is 9.12. The lowest BCUT2D eigenvalue weighted by atomic mass is 10.1. The number of benzene rings is 2. The van der Waals surface area contributed by atoms with Gasteiger partial charge in [-0.25, -0.2) is 0 Å². The molecular formula is C16H14Br2N2O4. The summed E-state index contributed by atoms with van der Waals surface area (Å²) in [7, 11) is 1.32. The maximum absolute atomic E-state index is 12.5. The number of carbonyl (C=O) groups excluding carboxylic acids is 1. The van der Waals surface area contributed by atoms with Crippen molar-refractivity contribution in [3.63, 3.8) is 0 Å². The summed E-state index contributed by atoms with van der Waals surface area (Å²) in [5, 5.41) is 13.7. The molecule has 126 valence electrons. The third-order valence-electron chi connectivity index (χ3n) is 3.28. The van der Waals surface area contributed by atoms with Crippen molar-refractivity contribution in [3.8, 4) is 5.75 Å². The first-order valence-corrected chi connectivity index (χ1v) is 8.74. The SMILES string of the molecule is COc1c(NC(=O)[C@@H](Br)[C@@H](Br)c2ccccc2)cccc1[N+](=O)[O-]. The average Bonchev–Trinajstić information content (AvgIpc) is 2.60. The maximum Gasteiger partial charge on any atom is 0.313 e. The van der Waals surface area contributed by atoms with Gasteiger partial charge < -0.3 is 10.1 Å². The van der Waals surface area contributed by atoms with Gasteiger partial charge in [0, 0.05) is 6.07 Å². The van der Waals surface area contributed by atoms with Crippen LogP contribution in [0.5, 0.6) is 5.75 Å². The summed E-state index contributed by atoms with van der Waals surface area (Å²) in [6.45, 7) is 0. The smallest absolute Gasteiger partial charge is 0.313 e. The predicted molar refractivity (Wildman–Crippen MR) is 99.1 cm³/mol. The van der Waals surface area contributed by atoms with Crippen LogP contribution in [0.2, 0.25) is 0 Å². The zero-order valence-electron chi connectivity index (χ0n) is 12.6. The highest BCUT2D eigenvalue weighted by atomic mass is 79.9. The Labute approximate surface area is 155 Å². The van der Waals surface area contributed by atoms with Gasteiger partial charge in [-0.1, -0.05) is 68.3 Å². The highest BCUT2D eigenvalue weighted by Gasteiger charge is 2.27. The average molecular weight is 458 g/mol. The summed E-state index contributed by atoms with van der Waals surface area (Å²) >= 11 is 6.85. The number of carbonyl (C=O) groups is 1. The highest BCUT2D eigenvalue weighted by Crippen LogP contribution is 2.36. The van der Waals surface area contributed by atoms with Gasteiger partial charge in [0.1, 0.15) is 4.83 Å². The Morgan fingerprint density at radius 3 is 2.42 bits per heavy atom. The standard InChI is InChI=1S/C16H14Br2N2O4/c1-24-15-11(8-5-9-12(15)20(22)23)19-16(21)14(18)13(17)10-6-3-2-4-7-10/h2-9,13-14H,1H3,(H,19,21)/t13-,14-/m0/s1. The zero-order valence-corrected chi connectivity index (χ0v) is 15.8. The molecule has 0 saturated heterocycles. The Balaban J connectivity index is 2.20. The fraction of sp³-hybridized carbons (Fsp3) is 0.188. The van der Waals surface area contributed by atoms with E-state index in [0.29, 0.717) is 0 Å². The number of nitrogens with zero attached hydrogens (tertiary/aromatic N) is 1. The number of alkyl halides is 2. The molecule has 2 rings (SSSR count). The summed E-state index contributed by atoms with van der Waals surface area (Å²) in [5.41, 5.74) is 0.967. The third-order valence-corrected chi connectivity index (χ3v) is 5.99. The first-order valence-electron chi connectivity index (χ1n) is 6.91. The van der Waals surface area contributed by atoms with Crippen LogP contribution in [0.15, 0.2) is 48.5 Å².